The van der Waals surface area contributed by atoms with E-state index in [1.54, 1.807) is 7.05 Å². The van der Waals surface area contributed by atoms with Crippen LogP contribution in [0.2, 0.25) is 0 Å². The fourth-order valence-corrected chi connectivity index (χ4v) is 4.13. The van der Waals surface area contributed by atoms with Crippen molar-refractivity contribution >= 4 is 29.5 Å². The molecule has 2 heterocycles. The Hall–Kier alpha value is -3.50. The summed E-state index contributed by atoms with van der Waals surface area (Å²) in [6.07, 6.45) is 3.19. The van der Waals surface area contributed by atoms with E-state index in [0.717, 1.165) is 17.0 Å². The van der Waals surface area contributed by atoms with Crippen LogP contribution in [0.5, 0.6) is 5.75 Å². The fourth-order valence-electron chi connectivity index (χ4n) is 4.13. The van der Waals surface area contributed by atoms with Crippen LogP contribution in [-0.2, 0) is 11.3 Å². The summed E-state index contributed by atoms with van der Waals surface area (Å²) in [7, 11) is 1.64. The number of urea groups is 1. The summed E-state index contributed by atoms with van der Waals surface area (Å²) in [6.45, 7) is -0.0683. The largest absolute Gasteiger partial charge is 0.503 e. The number of rotatable bonds is 4. The average molecular weight is 433 g/mol. The molecule has 1 aliphatic carbocycles. The smallest absolute Gasteiger partial charge is 0.330 e. The average Bonchev–Trinajstić information content (AvgIpc) is 2.77. The molecular formula is C20H21F2N5O4. The third-order valence-corrected chi connectivity index (χ3v) is 5.81. The third-order valence-electron chi connectivity index (χ3n) is 5.81. The maximum Gasteiger partial charge on any atom is 0.330 e. The number of carbonyl (C=O) groups excluding carboxylic acids is 1. The summed E-state index contributed by atoms with van der Waals surface area (Å²) in [4.78, 5) is 35.9. The topological polar surface area (TPSA) is 119 Å². The van der Waals surface area contributed by atoms with Crippen LogP contribution in [0.3, 0.4) is 0 Å². The van der Waals surface area contributed by atoms with Gasteiger partial charge < -0.3 is 15.5 Å². The summed E-state index contributed by atoms with van der Waals surface area (Å²) >= 11 is 0. The molecule has 2 aliphatic rings. The number of phenolic OH excluding ortho intramolecular Hbond substituents is 1. The summed E-state index contributed by atoms with van der Waals surface area (Å²) in [5.41, 5.74) is 0.277. The van der Waals surface area contributed by atoms with Gasteiger partial charge in [-0.05, 0) is 37.8 Å². The molecule has 3 N–H and O–H groups in total. The number of amides is 2. The van der Waals surface area contributed by atoms with Crippen molar-refractivity contribution in [3.05, 3.63) is 35.5 Å². The predicted octanol–water partition coefficient (Wildman–Crippen LogP) is 3.09. The van der Waals surface area contributed by atoms with E-state index < -0.39 is 35.3 Å². The van der Waals surface area contributed by atoms with E-state index in [0.29, 0.717) is 43.0 Å². The van der Waals surface area contributed by atoms with Gasteiger partial charge in [0.15, 0.2) is 17.4 Å². The SMILES string of the molecule is CNc1ncc2c(n1)N(C1CCC(C(=O)O)CC1)C(=O)N(c1ccc(F)c(O)c1F)C2. The summed E-state index contributed by atoms with van der Waals surface area (Å²) in [5.74, 6) is -4.20. The van der Waals surface area contributed by atoms with E-state index >= 15 is 0 Å². The monoisotopic (exact) mass is 433 g/mol. The third kappa shape index (κ3) is 3.60. The van der Waals surface area contributed by atoms with Crippen molar-refractivity contribution in [2.24, 2.45) is 5.92 Å². The van der Waals surface area contributed by atoms with Crippen LogP contribution in [0.1, 0.15) is 31.2 Å². The standard InChI is InChI=1S/C20H21F2N5O4/c1-23-19-24-8-11-9-26(14-7-6-13(21)16(28)15(14)22)20(31)27(17(11)25-19)12-4-2-10(3-5-12)18(29)30/h6-8,10,12,28H,2-5,9H2,1H3,(H,29,30)(H,23,24,25). The maximum atomic E-state index is 14.6. The molecule has 2 aromatic rings. The molecule has 164 valence electrons. The molecule has 0 bridgehead atoms. The van der Waals surface area contributed by atoms with Crippen molar-refractivity contribution < 1.29 is 28.6 Å². The second-order valence-corrected chi connectivity index (χ2v) is 7.60. The number of carbonyl (C=O) groups is 2. The van der Waals surface area contributed by atoms with Crippen LogP contribution >= 0.6 is 0 Å². The first-order valence-corrected chi connectivity index (χ1v) is 9.86. The molecule has 0 unspecified atom stereocenters. The minimum Gasteiger partial charge on any atom is -0.503 e. The molecular weight excluding hydrogens is 412 g/mol. The van der Waals surface area contributed by atoms with E-state index in [4.69, 9.17) is 0 Å². The van der Waals surface area contributed by atoms with Gasteiger partial charge in [-0.2, -0.15) is 4.98 Å². The lowest BCUT2D eigenvalue weighted by molar-refractivity contribution is -0.142. The van der Waals surface area contributed by atoms with Crippen molar-refractivity contribution in [2.75, 3.05) is 22.2 Å². The van der Waals surface area contributed by atoms with Crippen molar-refractivity contribution in [2.45, 2.75) is 38.3 Å². The van der Waals surface area contributed by atoms with Crippen LogP contribution in [-0.4, -0.2) is 45.3 Å². The minimum atomic E-state index is -1.24. The molecule has 0 atom stereocenters. The van der Waals surface area contributed by atoms with Gasteiger partial charge in [-0.3, -0.25) is 14.6 Å². The van der Waals surface area contributed by atoms with Crippen LogP contribution < -0.4 is 15.1 Å². The number of carboxylic acids is 1. The molecule has 0 saturated heterocycles. The molecule has 4 rings (SSSR count). The number of halogens is 2. The van der Waals surface area contributed by atoms with Crippen molar-refractivity contribution in [1.82, 2.24) is 9.97 Å². The highest BCUT2D eigenvalue weighted by Crippen LogP contribution is 2.39. The molecule has 1 fully saturated rings. The van der Waals surface area contributed by atoms with Crippen molar-refractivity contribution in [1.29, 1.82) is 0 Å². The maximum absolute atomic E-state index is 14.6. The first-order valence-electron chi connectivity index (χ1n) is 9.86. The number of benzene rings is 1. The van der Waals surface area contributed by atoms with E-state index in [-0.39, 0.29) is 18.3 Å². The lowest BCUT2D eigenvalue weighted by Crippen LogP contribution is -2.53. The number of fused-ring (bicyclic) bond motifs is 1. The highest BCUT2D eigenvalue weighted by molar-refractivity contribution is 6.06. The van der Waals surface area contributed by atoms with Gasteiger partial charge >= 0.3 is 12.0 Å². The number of nitrogens with zero attached hydrogens (tertiary/aromatic N) is 4. The number of phenols is 1. The van der Waals surface area contributed by atoms with Crippen LogP contribution in [0, 0.1) is 17.6 Å². The van der Waals surface area contributed by atoms with Crippen molar-refractivity contribution in [3.63, 3.8) is 0 Å². The van der Waals surface area contributed by atoms with Gasteiger partial charge in [-0.1, -0.05) is 0 Å². The molecule has 1 aromatic carbocycles. The summed E-state index contributed by atoms with van der Waals surface area (Å²) in [5, 5.41) is 21.8. The normalized spacial score (nSPS) is 21.1. The zero-order chi connectivity index (χ0) is 22.3. The summed E-state index contributed by atoms with van der Waals surface area (Å²) in [6, 6.07) is 1.05. The predicted molar refractivity (Wildman–Crippen MR) is 107 cm³/mol. The molecule has 0 radical (unpaired) electrons. The highest BCUT2D eigenvalue weighted by Gasteiger charge is 2.40. The van der Waals surface area contributed by atoms with Crippen molar-refractivity contribution in [3.8, 4) is 5.75 Å². The Balaban J connectivity index is 1.75. The molecule has 0 spiro atoms. The highest BCUT2D eigenvalue weighted by atomic mass is 19.1. The number of hydrogen-bond donors (Lipinski definition) is 3. The Morgan fingerprint density at radius 2 is 1.94 bits per heavy atom. The molecule has 1 aromatic heterocycles. The van der Waals surface area contributed by atoms with E-state index in [1.165, 1.54) is 11.1 Å². The lowest BCUT2D eigenvalue weighted by Gasteiger charge is -2.42. The number of nitrogens with one attached hydrogen (secondary N) is 1. The second-order valence-electron chi connectivity index (χ2n) is 7.60. The van der Waals surface area contributed by atoms with Gasteiger partial charge in [0.05, 0.1) is 18.2 Å². The Morgan fingerprint density at radius 1 is 1.23 bits per heavy atom. The second kappa shape index (κ2) is 7.97. The van der Waals surface area contributed by atoms with Gasteiger partial charge in [-0.25, -0.2) is 18.6 Å². The molecule has 2 amide bonds. The Bertz CT molecular complexity index is 1040. The van der Waals surface area contributed by atoms with Gasteiger partial charge in [0, 0.05) is 24.8 Å². The van der Waals surface area contributed by atoms with Crippen LogP contribution in [0.4, 0.5) is 31.0 Å². The van der Waals surface area contributed by atoms with Gasteiger partial charge in [-0.15, -0.1) is 0 Å². The van der Waals surface area contributed by atoms with Crippen LogP contribution in [0.25, 0.3) is 0 Å². The zero-order valence-corrected chi connectivity index (χ0v) is 16.7. The molecule has 9 nitrogen and oxygen atoms in total. The Morgan fingerprint density at radius 3 is 2.58 bits per heavy atom. The molecule has 1 aliphatic heterocycles. The van der Waals surface area contributed by atoms with E-state index in [9.17, 15) is 28.6 Å². The van der Waals surface area contributed by atoms with E-state index in [1.807, 2.05) is 0 Å². The zero-order valence-electron chi connectivity index (χ0n) is 16.7. The fraction of sp³-hybridized carbons (Fsp3) is 0.400. The number of anilines is 3. The quantitative estimate of drug-likeness (QED) is 0.678. The molecule has 1 saturated carbocycles. The number of aliphatic carboxylic acids is 1. The molecule has 31 heavy (non-hydrogen) atoms. The first-order chi connectivity index (χ1) is 14.8. The van der Waals surface area contributed by atoms with Gasteiger partial charge in [0.25, 0.3) is 0 Å². The van der Waals surface area contributed by atoms with Crippen LogP contribution in [0.15, 0.2) is 18.3 Å². The number of aromatic hydroxyl groups is 1. The molecule has 11 heteroatoms. The minimum absolute atomic E-state index is 0.0683. The number of carboxylic acid groups (broad SMARTS) is 1. The first kappa shape index (κ1) is 20.8. The number of aromatic nitrogens is 2. The number of hydrogen-bond acceptors (Lipinski definition) is 6. The Kier molecular flexibility index (Phi) is 5.34. The lowest BCUT2D eigenvalue weighted by atomic mass is 9.85. The van der Waals surface area contributed by atoms with Gasteiger partial charge in [0.1, 0.15) is 5.82 Å². The van der Waals surface area contributed by atoms with E-state index in [2.05, 4.69) is 15.3 Å². The van der Waals surface area contributed by atoms with Gasteiger partial charge in [0.2, 0.25) is 5.95 Å². The summed E-state index contributed by atoms with van der Waals surface area (Å²) < 4.78 is 28.2. The Labute approximate surface area is 176 Å².